The monoisotopic (exact) mass is 368 g/mol. The Labute approximate surface area is 158 Å². The number of aromatic nitrogens is 3. The lowest BCUT2D eigenvalue weighted by Crippen LogP contribution is -2.51. The van der Waals surface area contributed by atoms with Crippen LogP contribution in [0.1, 0.15) is 6.42 Å². The molecule has 0 aliphatic carbocycles. The number of rotatable bonds is 5. The molecular formula is C19H24N6O2. The topological polar surface area (TPSA) is 74.6 Å². The number of nitrogens with zero attached hydrogens (tertiary/aromatic N) is 6. The van der Waals surface area contributed by atoms with Crippen molar-refractivity contribution in [3.8, 4) is 0 Å². The maximum atomic E-state index is 12.9. The van der Waals surface area contributed by atoms with Gasteiger partial charge in [-0.3, -0.25) is 19.2 Å². The third kappa shape index (κ3) is 3.85. The quantitative estimate of drug-likeness (QED) is 0.718. The summed E-state index contributed by atoms with van der Waals surface area (Å²) in [7, 11) is 0. The first-order chi connectivity index (χ1) is 13.2. The van der Waals surface area contributed by atoms with Crippen molar-refractivity contribution < 1.29 is 9.59 Å². The number of piperazine rings is 1. The van der Waals surface area contributed by atoms with Crippen LogP contribution in [0.5, 0.6) is 0 Å². The number of anilines is 1. The summed E-state index contributed by atoms with van der Waals surface area (Å²) in [5.74, 6) is -0.624. The molecular weight excluding hydrogens is 344 g/mol. The Bertz CT molecular complexity index is 771. The fraction of sp³-hybridized carbons (Fsp3) is 0.474. The Morgan fingerprint density at radius 2 is 1.81 bits per heavy atom. The van der Waals surface area contributed by atoms with Gasteiger partial charge in [-0.2, -0.15) is 5.10 Å². The first-order valence-electron chi connectivity index (χ1n) is 9.42. The number of carbonyl (C=O) groups is 2. The SMILES string of the molecule is O=C(C1CCN(c2ccccc2)C1=O)N1CCN(CCn2cncn2)CC1. The van der Waals surface area contributed by atoms with Gasteiger partial charge in [0.2, 0.25) is 11.8 Å². The van der Waals surface area contributed by atoms with Gasteiger partial charge in [0.1, 0.15) is 18.6 Å². The summed E-state index contributed by atoms with van der Waals surface area (Å²) in [6, 6.07) is 9.58. The lowest BCUT2D eigenvalue weighted by Gasteiger charge is -2.35. The predicted molar refractivity (Wildman–Crippen MR) is 99.9 cm³/mol. The van der Waals surface area contributed by atoms with Crippen LogP contribution in [-0.2, 0) is 16.1 Å². The molecule has 0 saturated carbocycles. The lowest BCUT2D eigenvalue weighted by atomic mass is 10.1. The minimum absolute atomic E-state index is 0.0191. The largest absolute Gasteiger partial charge is 0.339 e. The van der Waals surface area contributed by atoms with E-state index in [4.69, 9.17) is 0 Å². The Kier molecular flexibility index (Phi) is 5.15. The molecule has 1 atom stereocenters. The highest BCUT2D eigenvalue weighted by molar-refractivity contribution is 6.09. The molecule has 0 bridgehead atoms. The first kappa shape index (κ1) is 17.7. The van der Waals surface area contributed by atoms with E-state index in [1.54, 1.807) is 11.2 Å². The summed E-state index contributed by atoms with van der Waals surface area (Å²) in [6.45, 7) is 5.28. The summed E-state index contributed by atoms with van der Waals surface area (Å²) < 4.78 is 1.81. The van der Waals surface area contributed by atoms with E-state index in [0.29, 0.717) is 26.1 Å². The molecule has 0 spiro atoms. The molecule has 27 heavy (non-hydrogen) atoms. The average molecular weight is 368 g/mol. The number of amides is 2. The van der Waals surface area contributed by atoms with E-state index in [0.717, 1.165) is 31.9 Å². The van der Waals surface area contributed by atoms with Crippen molar-refractivity contribution in [2.45, 2.75) is 13.0 Å². The van der Waals surface area contributed by atoms with Gasteiger partial charge in [-0.05, 0) is 18.6 Å². The lowest BCUT2D eigenvalue weighted by molar-refractivity contribution is -0.141. The minimum atomic E-state index is -0.535. The van der Waals surface area contributed by atoms with Crippen molar-refractivity contribution in [2.75, 3.05) is 44.2 Å². The third-order valence-electron chi connectivity index (χ3n) is 5.37. The van der Waals surface area contributed by atoms with E-state index < -0.39 is 5.92 Å². The van der Waals surface area contributed by atoms with Crippen molar-refractivity contribution in [3.63, 3.8) is 0 Å². The third-order valence-corrected chi connectivity index (χ3v) is 5.37. The molecule has 2 aliphatic heterocycles. The fourth-order valence-electron chi connectivity index (χ4n) is 3.78. The predicted octanol–water partition coefficient (Wildman–Crippen LogP) is 0.475. The number of para-hydroxylation sites is 1. The average Bonchev–Trinajstić information content (AvgIpc) is 3.37. The van der Waals surface area contributed by atoms with E-state index in [2.05, 4.69) is 15.0 Å². The Hall–Kier alpha value is -2.74. The van der Waals surface area contributed by atoms with E-state index in [1.807, 2.05) is 39.9 Å². The van der Waals surface area contributed by atoms with Crippen molar-refractivity contribution in [3.05, 3.63) is 43.0 Å². The Morgan fingerprint density at radius 3 is 2.52 bits per heavy atom. The molecule has 0 radical (unpaired) electrons. The van der Waals surface area contributed by atoms with Crippen LogP contribution in [0.4, 0.5) is 5.69 Å². The van der Waals surface area contributed by atoms with Crippen molar-refractivity contribution in [2.24, 2.45) is 5.92 Å². The van der Waals surface area contributed by atoms with Gasteiger partial charge in [0, 0.05) is 45.0 Å². The van der Waals surface area contributed by atoms with Crippen LogP contribution in [-0.4, -0.2) is 75.6 Å². The van der Waals surface area contributed by atoms with E-state index in [9.17, 15) is 9.59 Å². The fourth-order valence-corrected chi connectivity index (χ4v) is 3.78. The summed E-state index contributed by atoms with van der Waals surface area (Å²) >= 11 is 0. The van der Waals surface area contributed by atoms with Gasteiger partial charge >= 0.3 is 0 Å². The van der Waals surface area contributed by atoms with Gasteiger partial charge in [0.25, 0.3) is 0 Å². The van der Waals surface area contributed by atoms with Crippen molar-refractivity contribution in [1.82, 2.24) is 24.6 Å². The molecule has 1 aromatic heterocycles. The van der Waals surface area contributed by atoms with Gasteiger partial charge in [-0.1, -0.05) is 18.2 Å². The zero-order valence-electron chi connectivity index (χ0n) is 15.3. The molecule has 2 amide bonds. The summed E-state index contributed by atoms with van der Waals surface area (Å²) in [5, 5.41) is 4.11. The van der Waals surface area contributed by atoms with Crippen molar-refractivity contribution >= 4 is 17.5 Å². The van der Waals surface area contributed by atoms with Gasteiger partial charge in [-0.25, -0.2) is 4.98 Å². The van der Waals surface area contributed by atoms with Crippen LogP contribution in [0.25, 0.3) is 0 Å². The molecule has 1 unspecified atom stereocenters. The molecule has 142 valence electrons. The van der Waals surface area contributed by atoms with Gasteiger partial charge < -0.3 is 9.80 Å². The van der Waals surface area contributed by atoms with Gasteiger partial charge in [0.15, 0.2) is 0 Å². The highest BCUT2D eigenvalue weighted by Gasteiger charge is 2.40. The molecule has 2 aromatic rings. The Morgan fingerprint density at radius 1 is 1.04 bits per heavy atom. The number of hydrogen-bond acceptors (Lipinski definition) is 5. The summed E-state index contributed by atoms with van der Waals surface area (Å²) in [5.41, 5.74) is 0.871. The molecule has 1 aromatic carbocycles. The molecule has 4 rings (SSSR count). The molecule has 2 fully saturated rings. The van der Waals surface area contributed by atoms with E-state index >= 15 is 0 Å². The standard InChI is InChI=1S/C19H24N6O2/c26-18(17-6-7-25(19(17)27)16-4-2-1-3-5-16)23-11-8-22(9-12-23)10-13-24-15-20-14-21-24/h1-5,14-15,17H,6-13H2. The number of carbonyl (C=O) groups excluding carboxylic acids is 2. The normalized spacial score (nSPS) is 21.0. The van der Waals surface area contributed by atoms with E-state index in [1.165, 1.54) is 6.33 Å². The molecule has 3 heterocycles. The zero-order valence-corrected chi connectivity index (χ0v) is 15.3. The first-order valence-corrected chi connectivity index (χ1v) is 9.42. The molecule has 8 nitrogen and oxygen atoms in total. The maximum absolute atomic E-state index is 12.9. The Balaban J connectivity index is 1.28. The van der Waals surface area contributed by atoms with Crippen molar-refractivity contribution in [1.29, 1.82) is 0 Å². The van der Waals surface area contributed by atoms with Gasteiger partial charge in [-0.15, -0.1) is 0 Å². The van der Waals surface area contributed by atoms with Crippen LogP contribution in [0, 0.1) is 5.92 Å². The summed E-state index contributed by atoms with van der Waals surface area (Å²) in [6.07, 6.45) is 3.84. The van der Waals surface area contributed by atoms with E-state index in [-0.39, 0.29) is 11.8 Å². The number of hydrogen-bond donors (Lipinski definition) is 0. The highest BCUT2D eigenvalue weighted by atomic mass is 16.2. The second-order valence-electron chi connectivity index (χ2n) is 6.99. The van der Waals surface area contributed by atoms with Crippen LogP contribution >= 0.6 is 0 Å². The van der Waals surface area contributed by atoms with Crippen LogP contribution in [0.3, 0.4) is 0 Å². The van der Waals surface area contributed by atoms with Crippen LogP contribution in [0.15, 0.2) is 43.0 Å². The molecule has 8 heteroatoms. The van der Waals surface area contributed by atoms with Gasteiger partial charge in [0.05, 0.1) is 6.54 Å². The number of benzene rings is 1. The second kappa shape index (κ2) is 7.87. The maximum Gasteiger partial charge on any atom is 0.239 e. The highest BCUT2D eigenvalue weighted by Crippen LogP contribution is 2.26. The second-order valence-corrected chi connectivity index (χ2v) is 6.99. The van der Waals surface area contributed by atoms with Crippen LogP contribution < -0.4 is 4.90 Å². The van der Waals surface area contributed by atoms with Crippen LogP contribution in [0.2, 0.25) is 0 Å². The molecule has 2 aliphatic rings. The zero-order chi connectivity index (χ0) is 18.6. The minimum Gasteiger partial charge on any atom is -0.339 e. The molecule has 0 N–H and O–H groups in total. The molecule has 2 saturated heterocycles. The smallest absolute Gasteiger partial charge is 0.239 e. The summed E-state index contributed by atoms with van der Waals surface area (Å²) in [4.78, 5) is 35.5.